The molecule has 0 atom stereocenters. The van der Waals surface area contributed by atoms with Crippen LogP contribution in [0.25, 0.3) is 10.2 Å². The highest BCUT2D eigenvalue weighted by molar-refractivity contribution is 7.18. The number of hydrogen-bond acceptors (Lipinski definition) is 5. The van der Waals surface area contributed by atoms with Crippen molar-refractivity contribution < 1.29 is 4.74 Å². The number of hydrogen-bond donors (Lipinski definition) is 1. The molecular formula is C15H22ClN3OS. The molecule has 0 aliphatic carbocycles. The van der Waals surface area contributed by atoms with Crippen molar-refractivity contribution in [3.05, 3.63) is 23.2 Å². The van der Waals surface area contributed by atoms with Crippen molar-refractivity contribution in [1.29, 1.82) is 0 Å². The lowest BCUT2D eigenvalue weighted by atomic mass is 10.1. The Morgan fingerprint density at radius 1 is 1.38 bits per heavy atom. The summed E-state index contributed by atoms with van der Waals surface area (Å²) in [6.07, 6.45) is 2.46. The highest BCUT2D eigenvalue weighted by atomic mass is 35.5. The van der Waals surface area contributed by atoms with Crippen molar-refractivity contribution in [3.8, 4) is 5.75 Å². The second-order valence-corrected chi connectivity index (χ2v) is 6.45. The number of thiazole rings is 1. The first kappa shape index (κ1) is 16.5. The number of halogens is 1. The molecular weight excluding hydrogens is 306 g/mol. The summed E-state index contributed by atoms with van der Waals surface area (Å²) in [5.74, 6) is 0.902. The second kappa shape index (κ2) is 7.40. The van der Waals surface area contributed by atoms with E-state index in [1.807, 2.05) is 12.1 Å². The van der Waals surface area contributed by atoms with Gasteiger partial charge in [-0.3, -0.25) is 4.90 Å². The van der Waals surface area contributed by atoms with Crippen LogP contribution in [-0.4, -0.2) is 43.2 Å². The fourth-order valence-corrected chi connectivity index (χ4v) is 3.80. The molecule has 6 heteroatoms. The molecule has 0 bridgehead atoms. The molecule has 0 amide bonds. The first-order valence-electron chi connectivity index (χ1n) is 7.10. The highest BCUT2D eigenvalue weighted by Crippen LogP contribution is 2.27. The minimum Gasteiger partial charge on any atom is -0.497 e. The van der Waals surface area contributed by atoms with Crippen molar-refractivity contribution >= 4 is 34.0 Å². The standard InChI is InChI=1S/C15H21N3OS.ClH/c1-18(11-5-7-16-8-6-11)10-15-17-13-4-3-12(19-2)9-14(13)20-15;/h3-4,9,11,16H,5-8,10H2,1-2H3;1H. The van der Waals surface area contributed by atoms with Gasteiger partial charge < -0.3 is 10.1 Å². The average molecular weight is 328 g/mol. The molecule has 0 radical (unpaired) electrons. The molecule has 116 valence electrons. The monoisotopic (exact) mass is 327 g/mol. The molecule has 1 aromatic carbocycles. The summed E-state index contributed by atoms with van der Waals surface area (Å²) in [4.78, 5) is 7.17. The van der Waals surface area contributed by atoms with Crippen molar-refractivity contribution in [3.63, 3.8) is 0 Å². The number of methoxy groups -OCH3 is 1. The lowest BCUT2D eigenvalue weighted by molar-refractivity contribution is 0.191. The summed E-state index contributed by atoms with van der Waals surface area (Å²) >= 11 is 1.77. The van der Waals surface area contributed by atoms with E-state index in [0.29, 0.717) is 6.04 Å². The van der Waals surface area contributed by atoms with Crippen LogP contribution in [-0.2, 0) is 6.54 Å². The maximum absolute atomic E-state index is 5.27. The van der Waals surface area contributed by atoms with Crippen LogP contribution < -0.4 is 10.1 Å². The predicted octanol–water partition coefficient (Wildman–Crippen LogP) is 2.91. The van der Waals surface area contributed by atoms with Gasteiger partial charge in [-0.05, 0) is 51.2 Å². The Morgan fingerprint density at radius 3 is 2.86 bits per heavy atom. The Morgan fingerprint density at radius 2 is 2.14 bits per heavy atom. The van der Waals surface area contributed by atoms with E-state index in [2.05, 4.69) is 23.3 Å². The maximum atomic E-state index is 5.27. The number of nitrogens with zero attached hydrogens (tertiary/aromatic N) is 2. The topological polar surface area (TPSA) is 37.4 Å². The SMILES string of the molecule is COc1ccc2nc(CN(C)C3CCNCC3)sc2c1.Cl. The number of piperidine rings is 1. The Bertz CT molecular complexity index is 583. The lowest BCUT2D eigenvalue weighted by Crippen LogP contribution is -2.40. The first-order chi connectivity index (χ1) is 9.76. The van der Waals surface area contributed by atoms with E-state index in [4.69, 9.17) is 9.72 Å². The number of nitrogens with one attached hydrogen (secondary N) is 1. The number of benzene rings is 1. The van der Waals surface area contributed by atoms with Crippen LogP contribution in [0.5, 0.6) is 5.75 Å². The number of ether oxygens (including phenoxy) is 1. The molecule has 4 nitrogen and oxygen atoms in total. The summed E-state index contributed by atoms with van der Waals surface area (Å²) in [7, 11) is 3.91. The molecule has 1 N–H and O–H groups in total. The van der Waals surface area contributed by atoms with E-state index in [1.54, 1.807) is 18.4 Å². The van der Waals surface area contributed by atoms with E-state index < -0.39 is 0 Å². The largest absolute Gasteiger partial charge is 0.497 e. The highest BCUT2D eigenvalue weighted by Gasteiger charge is 2.18. The second-order valence-electron chi connectivity index (χ2n) is 5.34. The van der Waals surface area contributed by atoms with E-state index in [-0.39, 0.29) is 12.4 Å². The van der Waals surface area contributed by atoms with E-state index in [9.17, 15) is 0 Å². The molecule has 1 saturated heterocycles. The van der Waals surface area contributed by atoms with E-state index in [0.717, 1.165) is 30.9 Å². The van der Waals surface area contributed by atoms with E-state index >= 15 is 0 Å². The zero-order valence-electron chi connectivity index (χ0n) is 12.5. The zero-order valence-corrected chi connectivity index (χ0v) is 14.1. The summed E-state index contributed by atoms with van der Waals surface area (Å²) in [5, 5.41) is 4.60. The molecule has 2 aromatic rings. The molecule has 0 unspecified atom stereocenters. The van der Waals surface area contributed by atoms with Crippen molar-refractivity contribution in [2.45, 2.75) is 25.4 Å². The van der Waals surface area contributed by atoms with Gasteiger partial charge >= 0.3 is 0 Å². The minimum absolute atomic E-state index is 0. The van der Waals surface area contributed by atoms with Gasteiger partial charge in [0.05, 0.1) is 23.9 Å². The van der Waals surface area contributed by atoms with Crippen LogP contribution in [0.1, 0.15) is 17.8 Å². The van der Waals surface area contributed by atoms with Gasteiger partial charge in [0.25, 0.3) is 0 Å². The number of aromatic nitrogens is 1. The van der Waals surface area contributed by atoms with Gasteiger partial charge in [0.2, 0.25) is 0 Å². The third kappa shape index (κ3) is 3.86. The van der Waals surface area contributed by atoms with Crippen LogP contribution >= 0.6 is 23.7 Å². The van der Waals surface area contributed by atoms with Gasteiger partial charge in [-0.25, -0.2) is 4.98 Å². The Kier molecular flexibility index (Phi) is 5.81. The minimum atomic E-state index is 0. The van der Waals surface area contributed by atoms with E-state index in [1.165, 1.54) is 22.5 Å². The van der Waals surface area contributed by atoms with Crippen molar-refractivity contribution in [2.75, 3.05) is 27.2 Å². The van der Waals surface area contributed by atoms with Crippen LogP contribution in [0.3, 0.4) is 0 Å². The van der Waals surface area contributed by atoms with Crippen LogP contribution in [0, 0.1) is 0 Å². The summed E-state index contributed by atoms with van der Waals surface area (Å²) in [5.41, 5.74) is 1.07. The molecule has 1 aliphatic heterocycles. The van der Waals surface area contributed by atoms with Gasteiger partial charge in [-0.15, -0.1) is 23.7 Å². The number of fused-ring (bicyclic) bond motifs is 1. The summed E-state index contributed by atoms with van der Waals surface area (Å²) in [6, 6.07) is 6.76. The van der Waals surface area contributed by atoms with Crippen LogP contribution in [0.15, 0.2) is 18.2 Å². The lowest BCUT2D eigenvalue weighted by Gasteiger charge is -2.30. The van der Waals surface area contributed by atoms with Crippen molar-refractivity contribution in [1.82, 2.24) is 15.2 Å². The molecule has 1 aliphatic rings. The Labute approximate surface area is 135 Å². The molecule has 1 aromatic heterocycles. The molecule has 0 spiro atoms. The summed E-state index contributed by atoms with van der Waals surface area (Å²) in [6.45, 7) is 3.20. The molecule has 2 heterocycles. The number of rotatable bonds is 4. The fourth-order valence-electron chi connectivity index (χ4n) is 2.74. The van der Waals surface area contributed by atoms with Gasteiger partial charge in [0, 0.05) is 6.04 Å². The predicted molar refractivity (Wildman–Crippen MR) is 90.8 cm³/mol. The average Bonchev–Trinajstić information content (AvgIpc) is 2.89. The maximum Gasteiger partial charge on any atom is 0.120 e. The molecule has 3 rings (SSSR count). The third-order valence-corrected chi connectivity index (χ3v) is 4.96. The van der Waals surface area contributed by atoms with Crippen LogP contribution in [0.4, 0.5) is 0 Å². The summed E-state index contributed by atoms with van der Waals surface area (Å²) < 4.78 is 6.48. The normalized spacial score (nSPS) is 16.1. The molecule has 21 heavy (non-hydrogen) atoms. The Balaban J connectivity index is 0.00000161. The Hall–Kier alpha value is -0.880. The third-order valence-electron chi connectivity index (χ3n) is 3.96. The zero-order chi connectivity index (χ0) is 13.9. The quantitative estimate of drug-likeness (QED) is 0.937. The van der Waals surface area contributed by atoms with Gasteiger partial charge in [-0.2, -0.15) is 0 Å². The van der Waals surface area contributed by atoms with Gasteiger partial charge in [0.1, 0.15) is 10.8 Å². The molecule has 0 saturated carbocycles. The smallest absolute Gasteiger partial charge is 0.120 e. The first-order valence-corrected chi connectivity index (χ1v) is 7.92. The van der Waals surface area contributed by atoms with Gasteiger partial charge in [-0.1, -0.05) is 0 Å². The molecule has 1 fully saturated rings. The van der Waals surface area contributed by atoms with Gasteiger partial charge in [0.15, 0.2) is 0 Å². The van der Waals surface area contributed by atoms with Crippen molar-refractivity contribution in [2.24, 2.45) is 0 Å². The van der Waals surface area contributed by atoms with Crippen LogP contribution in [0.2, 0.25) is 0 Å². The fraction of sp³-hybridized carbons (Fsp3) is 0.533.